The molecule has 9 nitrogen and oxygen atoms in total. The first-order valence-corrected chi connectivity index (χ1v) is 10.7. The zero-order valence-electron chi connectivity index (χ0n) is 16.6. The summed E-state index contributed by atoms with van der Waals surface area (Å²) in [5.41, 5.74) is 2.27. The van der Waals surface area contributed by atoms with E-state index in [0.29, 0.717) is 28.2 Å². The van der Waals surface area contributed by atoms with E-state index in [1.807, 2.05) is 26.0 Å². The van der Waals surface area contributed by atoms with E-state index in [2.05, 4.69) is 20.5 Å². The van der Waals surface area contributed by atoms with E-state index >= 15 is 0 Å². The average Bonchev–Trinajstić information content (AvgIpc) is 3.29. The number of benzene rings is 1. The zero-order valence-corrected chi connectivity index (χ0v) is 18.2. The number of carbonyl (C=O) groups excluding carboxylic acids is 2. The number of hydrogen-bond donors (Lipinski definition) is 1. The quantitative estimate of drug-likeness (QED) is 0.622. The SMILES string of the molecule is COCc1nnc(NC(=O)CN2C(=O)COc3ccc(-c4nc(C)sc4C)cc32)s1. The topological polar surface area (TPSA) is 107 Å². The summed E-state index contributed by atoms with van der Waals surface area (Å²) in [4.78, 5) is 32.2. The van der Waals surface area contributed by atoms with Crippen molar-refractivity contribution in [3.8, 4) is 17.0 Å². The molecule has 1 aliphatic heterocycles. The van der Waals surface area contributed by atoms with Crippen LogP contribution in [0.15, 0.2) is 18.2 Å². The number of methoxy groups -OCH3 is 1. The van der Waals surface area contributed by atoms with Gasteiger partial charge in [0.05, 0.1) is 16.4 Å². The number of fused-ring (bicyclic) bond motifs is 1. The number of aromatic nitrogens is 3. The minimum atomic E-state index is -0.373. The molecule has 0 aliphatic carbocycles. The molecule has 0 unspecified atom stereocenters. The van der Waals surface area contributed by atoms with Crippen LogP contribution in [0, 0.1) is 13.8 Å². The highest BCUT2D eigenvalue weighted by atomic mass is 32.1. The highest BCUT2D eigenvalue weighted by Gasteiger charge is 2.28. The van der Waals surface area contributed by atoms with Crippen LogP contribution in [0.5, 0.6) is 5.75 Å². The van der Waals surface area contributed by atoms with E-state index in [4.69, 9.17) is 9.47 Å². The summed E-state index contributed by atoms with van der Waals surface area (Å²) in [6.07, 6.45) is 0. The number of thiazole rings is 1. The molecular weight excluding hydrogens is 426 g/mol. The average molecular weight is 446 g/mol. The zero-order chi connectivity index (χ0) is 21.3. The molecule has 0 atom stereocenters. The molecule has 2 aromatic heterocycles. The third-order valence-electron chi connectivity index (χ3n) is 4.36. The Labute approximate surface area is 180 Å². The molecule has 1 N–H and O–H groups in total. The Morgan fingerprint density at radius 3 is 2.87 bits per heavy atom. The van der Waals surface area contributed by atoms with E-state index in [-0.39, 0.29) is 25.0 Å². The molecule has 1 aliphatic rings. The van der Waals surface area contributed by atoms with Gasteiger partial charge in [0.1, 0.15) is 23.9 Å². The van der Waals surface area contributed by atoms with E-state index < -0.39 is 0 Å². The molecule has 2 amide bonds. The van der Waals surface area contributed by atoms with E-state index in [1.165, 1.54) is 16.2 Å². The van der Waals surface area contributed by atoms with Crippen LogP contribution in [0.25, 0.3) is 11.3 Å². The van der Waals surface area contributed by atoms with Crippen LogP contribution in [0.2, 0.25) is 0 Å². The third-order valence-corrected chi connectivity index (χ3v) is 6.06. The summed E-state index contributed by atoms with van der Waals surface area (Å²) < 4.78 is 10.5. The summed E-state index contributed by atoms with van der Waals surface area (Å²) in [6.45, 7) is 4.00. The number of nitrogens with one attached hydrogen (secondary N) is 1. The minimum absolute atomic E-state index is 0.120. The first-order chi connectivity index (χ1) is 14.4. The van der Waals surface area contributed by atoms with Gasteiger partial charge in [-0.2, -0.15) is 0 Å². The number of carbonyl (C=O) groups is 2. The Bertz CT molecular complexity index is 1110. The summed E-state index contributed by atoms with van der Waals surface area (Å²) in [7, 11) is 1.56. The normalized spacial score (nSPS) is 13.2. The van der Waals surface area contributed by atoms with Crippen molar-refractivity contribution in [1.29, 1.82) is 0 Å². The fourth-order valence-corrected chi connectivity index (χ4v) is 4.68. The molecule has 0 radical (unpaired) electrons. The summed E-state index contributed by atoms with van der Waals surface area (Å²) in [6, 6.07) is 5.55. The van der Waals surface area contributed by atoms with Gasteiger partial charge in [-0.25, -0.2) is 4.98 Å². The number of anilines is 2. The largest absolute Gasteiger partial charge is 0.482 e. The van der Waals surface area contributed by atoms with Gasteiger partial charge in [-0.15, -0.1) is 21.5 Å². The fourth-order valence-electron chi connectivity index (χ4n) is 3.11. The maximum atomic E-state index is 12.6. The summed E-state index contributed by atoms with van der Waals surface area (Å²) in [5, 5.41) is 12.5. The van der Waals surface area contributed by atoms with Crippen LogP contribution in [0.1, 0.15) is 14.9 Å². The highest BCUT2D eigenvalue weighted by Crippen LogP contribution is 2.37. The van der Waals surface area contributed by atoms with Crippen molar-refractivity contribution in [2.24, 2.45) is 0 Å². The lowest BCUT2D eigenvalue weighted by Crippen LogP contribution is -2.43. The maximum absolute atomic E-state index is 12.6. The Hall–Kier alpha value is -2.89. The van der Waals surface area contributed by atoms with Crippen LogP contribution < -0.4 is 15.0 Å². The molecule has 11 heteroatoms. The van der Waals surface area contributed by atoms with Gasteiger partial charge in [0.2, 0.25) is 11.0 Å². The van der Waals surface area contributed by atoms with Crippen molar-refractivity contribution in [3.63, 3.8) is 0 Å². The minimum Gasteiger partial charge on any atom is -0.482 e. The van der Waals surface area contributed by atoms with Gasteiger partial charge in [-0.1, -0.05) is 11.3 Å². The van der Waals surface area contributed by atoms with Gasteiger partial charge in [-0.3, -0.25) is 19.8 Å². The van der Waals surface area contributed by atoms with E-state index in [1.54, 1.807) is 24.5 Å². The van der Waals surface area contributed by atoms with Crippen LogP contribution >= 0.6 is 22.7 Å². The molecule has 3 aromatic rings. The number of rotatable bonds is 6. The van der Waals surface area contributed by atoms with Gasteiger partial charge >= 0.3 is 0 Å². The lowest BCUT2D eigenvalue weighted by molar-refractivity contribution is -0.123. The number of nitrogens with zero attached hydrogens (tertiary/aromatic N) is 4. The number of hydrogen-bond acceptors (Lipinski definition) is 9. The lowest BCUT2D eigenvalue weighted by Gasteiger charge is -2.29. The Kier molecular flexibility index (Phi) is 5.75. The van der Waals surface area contributed by atoms with Crippen molar-refractivity contribution in [2.75, 3.05) is 30.5 Å². The van der Waals surface area contributed by atoms with E-state index in [0.717, 1.165) is 21.1 Å². The van der Waals surface area contributed by atoms with Crippen molar-refractivity contribution >= 4 is 45.3 Å². The van der Waals surface area contributed by atoms with Gasteiger partial charge in [0.25, 0.3) is 5.91 Å². The Morgan fingerprint density at radius 1 is 1.30 bits per heavy atom. The lowest BCUT2D eigenvalue weighted by atomic mass is 10.1. The molecule has 4 rings (SSSR count). The van der Waals surface area contributed by atoms with Crippen molar-refractivity contribution in [2.45, 2.75) is 20.5 Å². The third kappa shape index (κ3) is 4.18. The number of aryl methyl sites for hydroxylation is 2. The maximum Gasteiger partial charge on any atom is 0.265 e. The fraction of sp³-hybridized carbons (Fsp3) is 0.316. The van der Waals surface area contributed by atoms with Crippen molar-refractivity contribution in [3.05, 3.63) is 33.1 Å². The van der Waals surface area contributed by atoms with Gasteiger partial charge in [-0.05, 0) is 32.0 Å². The second-order valence-electron chi connectivity index (χ2n) is 6.57. The summed E-state index contributed by atoms with van der Waals surface area (Å²) in [5.74, 6) is -0.116. The van der Waals surface area contributed by atoms with Crippen molar-refractivity contribution < 1.29 is 19.1 Å². The summed E-state index contributed by atoms with van der Waals surface area (Å²) >= 11 is 2.84. The first kappa shape index (κ1) is 20.4. The second-order valence-corrected chi connectivity index (χ2v) is 9.04. The standard InChI is InChI=1S/C19H19N5O4S2/c1-10-18(20-11(2)29-10)12-4-5-14-13(6-12)24(17(26)9-28-14)7-15(25)21-19-23-22-16(30-19)8-27-3/h4-6H,7-9H2,1-3H3,(H,21,23,25). The monoisotopic (exact) mass is 445 g/mol. The second kappa shape index (κ2) is 8.46. The first-order valence-electron chi connectivity index (χ1n) is 9.07. The molecule has 0 fully saturated rings. The smallest absolute Gasteiger partial charge is 0.265 e. The molecule has 3 heterocycles. The van der Waals surface area contributed by atoms with Crippen LogP contribution in [-0.4, -0.2) is 47.3 Å². The van der Waals surface area contributed by atoms with Gasteiger partial charge < -0.3 is 9.47 Å². The van der Waals surface area contributed by atoms with Gasteiger partial charge in [0, 0.05) is 17.6 Å². The highest BCUT2D eigenvalue weighted by molar-refractivity contribution is 7.15. The molecule has 0 saturated carbocycles. The molecule has 0 bridgehead atoms. The van der Waals surface area contributed by atoms with Crippen LogP contribution in [0.3, 0.4) is 0 Å². The van der Waals surface area contributed by atoms with Crippen LogP contribution in [-0.2, 0) is 20.9 Å². The number of amides is 2. The predicted octanol–water partition coefficient (Wildman–Crippen LogP) is 2.79. The Morgan fingerprint density at radius 2 is 2.13 bits per heavy atom. The molecule has 156 valence electrons. The van der Waals surface area contributed by atoms with E-state index in [9.17, 15) is 9.59 Å². The predicted molar refractivity (Wildman–Crippen MR) is 114 cm³/mol. The molecule has 0 saturated heterocycles. The molecule has 1 aromatic carbocycles. The van der Waals surface area contributed by atoms with Crippen molar-refractivity contribution in [1.82, 2.24) is 15.2 Å². The number of ether oxygens (including phenoxy) is 2. The Balaban J connectivity index is 1.56. The molecular formula is C19H19N5O4S2. The molecule has 30 heavy (non-hydrogen) atoms. The van der Waals surface area contributed by atoms with Gasteiger partial charge in [0.15, 0.2) is 6.61 Å². The van der Waals surface area contributed by atoms with Crippen LogP contribution in [0.4, 0.5) is 10.8 Å². The molecule has 0 spiro atoms.